The molecule has 0 radical (unpaired) electrons. The zero-order valence-corrected chi connectivity index (χ0v) is 9.59. The number of hydrogen-bond donors (Lipinski definition) is 0. The minimum atomic E-state index is 0.907. The molecule has 15 heavy (non-hydrogen) atoms. The molecule has 0 saturated heterocycles. The summed E-state index contributed by atoms with van der Waals surface area (Å²) in [5.41, 5.74) is 4.67. The largest absolute Gasteiger partial charge is 0.385 e. The summed E-state index contributed by atoms with van der Waals surface area (Å²) in [7, 11) is 1.77. The van der Waals surface area contributed by atoms with Crippen LogP contribution in [0.4, 0.5) is 0 Å². The van der Waals surface area contributed by atoms with Crippen LogP contribution < -0.4 is 0 Å². The van der Waals surface area contributed by atoms with Crippen molar-refractivity contribution in [1.29, 1.82) is 0 Å². The summed E-state index contributed by atoms with van der Waals surface area (Å²) in [4.78, 5) is 0. The zero-order chi connectivity index (χ0) is 10.5. The molecule has 1 aromatic carbocycles. The number of rotatable bonds is 6. The van der Waals surface area contributed by atoms with Gasteiger partial charge < -0.3 is 4.74 Å². The number of unbranched alkanes of at least 4 members (excludes halogenated alkanes) is 2. The maximum absolute atomic E-state index is 5.04. The van der Waals surface area contributed by atoms with Crippen LogP contribution in [0.5, 0.6) is 0 Å². The zero-order valence-electron chi connectivity index (χ0n) is 9.59. The second kappa shape index (κ2) is 5.32. The van der Waals surface area contributed by atoms with Crippen molar-refractivity contribution >= 4 is 0 Å². The van der Waals surface area contributed by atoms with E-state index < -0.39 is 0 Å². The molecule has 0 unspecified atom stereocenters. The third-order valence-electron chi connectivity index (χ3n) is 3.25. The van der Waals surface area contributed by atoms with Gasteiger partial charge in [0, 0.05) is 13.7 Å². The Morgan fingerprint density at radius 1 is 1.07 bits per heavy atom. The number of benzene rings is 1. The highest BCUT2D eigenvalue weighted by Crippen LogP contribution is 2.24. The van der Waals surface area contributed by atoms with Gasteiger partial charge in [0.15, 0.2) is 0 Å². The first-order valence-electron chi connectivity index (χ1n) is 6.00. The molecule has 0 heterocycles. The SMILES string of the molecule is COCCCCCc1ccc2c(c1)CC2. The third-order valence-corrected chi connectivity index (χ3v) is 3.25. The summed E-state index contributed by atoms with van der Waals surface area (Å²) in [5.74, 6) is 0. The molecule has 0 spiro atoms. The minimum Gasteiger partial charge on any atom is -0.385 e. The lowest BCUT2D eigenvalue weighted by Gasteiger charge is -2.19. The van der Waals surface area contributed by atoms with E-state index in [4.69, 9.17) is 4.74 Å². The molecule has 1 heteroatoms. The first-order chi connectivity index (χ1) is 7.40. The highest BCUT2D eigenvalue weighted by atomic mass is 16.5. The normalized spacial score (nSPS) is 13.4. The van der Waals surface area contributed by atoms with Gasteiger partial charge >= 0.3 is 0 Å². The van der Waals surface area contributed by atoms with Crippen LogP contribution in [-0.4, -0.2) is 13.7 Å². The Kier molecular flexibility index (Phi) is 3.79. The van der Waals surface area contributed by atoms with E-state index in [1.54, 1.807) is 18.2 Å². The third kappa shape index (κ3) is 2.82. The average molecular weight is 204 g/mol. The Labute approximate surface area is 92.5 Å². The topological polar surface area (TPSA) is 9.23 Å². The molecule has 2 rings (SSSR count). The summed E-state index contributed by atoms with van der Waals surface area (Å²) in [6.45, 7) is 0.907. The van der Waals surface area contributed by atoms with Crippen LogP contribution >= 0.6 is 0 Å². The molecule has 0 atom stereocenters. The molecule has 0 aliphatic heterocycles. The first kappa shape index (κ1) is 10.7. The summed E-state index contributed by atoms with van der Waals surface area (Å²) in [6, 6.07) is 7.01. The summed E-state index contributed by atoms with van der Waals surface area (Å²) >= 11 is 0. The fourth-order valence-electron chi connectivity index (χ4n) is 2.16. The molecule has 1 aliphatic rings. The summed E-state index contributed by atoms with van der Waals surface area (Å²) < 4.78 is 5.04. The lowest BCUT2D eigenvalue weighted by molar-refractivity contribution is 0.192. The highest BCUT2D eigenvalue weighted by molar-refractivity contribution is 5.38. The molecule has 0 N–H and O–H groups in total. The fraction of sp³-hybridized carbons (Fsp3) is 0.571. The maximum Gasteiger partial charge on any atom is 0.0462 e. The van der Waals surface area contributed by atoms with E-state index in [1.165, 1.54) is 44.1 Å². The van der Waals surface area contributed by atoms with Gasteiger partial charge in [0.2, 0.25) is 0 Å². The van der Waals surface area contributed by atoms with Crippen molar-refractivity contribution in [1.82, 2.24) is 0 Å². The molecule has 0 saturated carbocycles. The smallest absolute Gasteiger partial charge is 0.0462 e. The maximum atomic E-state index is 5.04. The molecule has 82 valence electrons. The second-order valence-electron chi connectivity index (χ2n) is 4.41. The van der Waals surface area contributed by atoms with Gasteiger partial charge in [0.25, 0.3) is 0 Å². The molecule has 1 aliphatic carbocycles. The van der Waals surface area contributed by atoms with Crippen LogP contribution in [0.15, 0.2) is 18.2 Å². The Hall–Kier alpha value is -0.820. The van der Waals surface area contributed by atoms with Crippen molar-refractivity contribution in [3.63, 3.8) is 0 Å². The van der Waals surface area contributed by atoms with E-state index >= 15 is 0 Å². The number of ether oxygens (including phenoxy) is 1. The highest BCUT2D eigenvalue weighted by Gasteiger charge is 2.12. The molecular formula is C14H20O. The standard InChI is InChI=1S/C14H20O/c1-15-10-4-2-3-5-12-6-7-13-8-9-14(13)11-12/h6-7,11H,2-5,8-10H2,1H3. The van der Waals surface area contributed by atoms with Crippen molar-refractivity contribution in [3.8, 4) is 0 Å². The van der Waals surface area contributed by atoms with E-state index in [9.17, 15) is 0 Å². The van der Waals surface area contributed by atoms with E-state index in [0.29, 0.717) is 0 Å². The van der Waals surface area contributed by atoms with E-state index in [1.807, 2.05) is 0 Å². The molecule has 0 bridgehead atoms. The quantitative estimate of drug-likeness (QED) is 0.647. The van der Waals surface area contributed by atoms with Crippen LogP contribution in [0, 0.1) is 0 Å². The van der Waals surface area contributed by atoms with Crippen LogP contribution in [-0.2, 0) is 24.0 Å². The second-order valence-corrected chi connectivity index (χ2v) is 4.41. The average Bonchev–Trinajstić information content (AvgIpc) is 2.21. The molecule has 1 aromatic rings. The molecule has 0 amide bonds. The van der Waals surface area contributed by atoms with Crippen molar-refractivity contribution in [3.05, 3.63) is 34.9 Å². The number of hydrogen-bond acceptors (Lipinski definition) is 1. The van der Waals surface area contributed by atoms with Crippen molar-refractivity contribution < 1.29 is 4.74 Å². The Balaban J connectivity index is 1.72. The molecule has 0 fully saturated rings. The fourth-order valence-corrected chi connectivity index (χ4v) is 2.16. The number of fused-ring (bicyclic) bond motifs is 1. The van der Waals surface area contributed by atoms with Crippen LogP contribution in [0.25, 0.3) is 0 Å². The predicted octanol–water partition coefficient (Wildman–Crippen LogP) is 3.14. The Morgan fingerprint density at radius 2 is 1.93 bits per heavy atom. The minimum absolute atomic E-state index is 0.907. The van der Waals surface area contributed by atoms with Gasteiger partial charge in [-0.15, -0.1) is 0 Å². The monoisotopic (exact) mass is 204 g/mol. The van der Waals surface area contributed by atoms with Crippen LogP contribution in [0.2, 0.25) is 0 Å². The van der Waals surface area contributed by atoms with E-state index in [2.05, 4.69) is 18.2 Å². The number of aryl methyl sites for hydroxylation is 3. The molecular weight excluding hydrogens is 184 g/mol. The Bertz CT molecular complexity index is 317. The van der Waals surface area contributed by atoms with Crippen LogP contribution in [0.1, 0.15) is 36.0 Å². The van der Waals surface area contributed by atoms with Gasteiger partial charge in [-0.25, -0.2) is 0 Å². The van der Waals surface area contributed by atoms with Crippen molar-refractivity contribution in [2.75, 3.05) is 13.7 Å². The molecule has 1 nitrogen and oxygen atoms in total. The van der Waals surface area contributed by atoms with Crippen molar-refractivity contribution in [2.24, 2.45) is 0 Å². The van der Waals surface area contributed by atoms with E-state index in [-0.39, 0.29) is 0 Å². The number of methoxy groups -OCH3 is 1. The van der Waals surface area contributed by atoms with Gasteiger partial charge in [0.1, 0.15) is 0 Å². The van der Waals surface area contributed by atoms with Crippen LogP contribution in [0.3, 0.4) is 0 Å². The van der Waals surface area contributed by atoms with Gasteiger partial charge in [-0.1, -0.05) is 24.6 Å². The summed E-state index contributed by atoms with van der Waals surface area (Å²) in [6.07, 6.45) is 7.60. The van der Waals surface area contributed by atoms with E-state index in [0.717, 1.165) is 6.61 Å². The first-order valence-corrected chi connectivity index (χ1v) is 6.00. The summed E-state index contributed by atoms with van der Waals surface area (Å²) in [5, 5.41) is 0. The van der Waals surface area contributed by atoms with Gasteiger partial charge in [-0.2, -0.15) is 0 Å². The lowest BCUT2D eigenvalue weighted by atomic mass is 9.86. The molecule has 0 aromatic heterocycles. The Morgan fingerprint density at radius 3 is 2.60 bits per heavy atom. The van der Waals surface area contributed by atoms with Gasteiger partial charge in [-0.05, 0) is 48.8 Å². The predicted molar refractivity (Wildman–Crippen MR) is 63.3 cm³/mol. The van der Waals surface area contributed by atoms with Crippen molar-refractivity contribution in [2.45, 2.75) is 38.5 Å². The lowest BCUT2D eigenvalue weighted by Crippen LogP contribution is -2.08. The van der Waals surface area contributed by atoms with Gasteiger partial charge in [-0.3, -0.25) is 0 Å². The van der Waals surface area contributed by atoms with Gasteiger partial charge in [0.05, 0.1) is 0 Å².